The minimum Gasteiger partial charge on any atom is -0.495 e. The van der Waals surface area contributed by atoms with Crippen LogP contribution in [-0.4, -0.2) is 49.0 Å². The normalized spacial score (nSPS) is 12.3. The second kappa shape index (κ2) is 9.88. The topological polar surface area (TPSA) is 122 Å². The van der Waals surface area contributed by atoms with Gasteiger partial charge < -0.3 is 10.1 Å². The third kappa shape index (κ3) is 6.44. The van der Waals surface area contributed by atoms with E-state index in [9.17, 15) is 21.6 Å². The van der Waals surface area contributed by atoms with Gasteiger partial charge in [-0.15, -0.1) is 0 Å². The van der Waals surface area contributed by atoms with Gasteiger partial charge in [0, 0.05) is 25.6 Å². The van der Waals surface area contributed by atoms with Crippen molar-refractivity contribution in [3.05, 3.63) is 48.5 Å². The fourth-order valence-electron chi connectivity index (χ4n) is 2.83. The zero-order valence-corrected chi connectivity index (χ0v) is 20.4. The maximum atomic E-state index is 13.0. The van der Waals surface area contributed by atoms with Gasteiger partial charge in [0.1, 0.15) is 5.75 Å². The molecule has 176 valence electrons. The van der Waals surface area contributed by atoms with Gasteiger partial charge in [0.25, 0.3) is 10.0 Å². The smallest absolute Gasteiger partial charge is 0.264 e. The van der Waals surface area contributed by atoms with E-state index >= 15 is 0 Å². The Kier molecular flexibility index (Phi) is 7.92. The Balaban J connectivity index is 2.28. The number of hydrogen-bond donors (Lipinski definition) is 2. The van der Waals surface area contributed by atoms with Gasteiger partial charge in [-0.1, -0.05) is 18.2 Å². The van der Waals surface area contributed by atoms with Crippen LogP contribution >= 0.6 is 0 Å². The van der Waals surface area contributed by atoms with E-state index in [-0.39, 0.29) is 40.1 Å². The molecule has 32 heavy (non-hydrogen) atoms. The number of nitrogens with zero attached hydrogens (tertiary/aromatic N) is 1. The van der Waals surface area contributed by atoms with Gasteiger partial charge >= 0.3 is 0 Å². The lowest BCUT2D eigenvalue weighted by atomic mass is 10.1. The van der Waals surface area contributed by atoms with Crippen molar-refractivity contribution in [3.63, 3.8) is 0 Å². The molecule has 9 nitrogen and oxygen atoms in total. The third-order valence-electron chi connectivity index (χ3n) is 4.36. The zero-order valence-electron chi connectivity index (χ0n) is 18.7. The molecule has 2 aromatic carbocycles. The van der Waals surface area contributed by atoms with E-state index in [0.717, 1.165) is 4.31 Å². The van der Waals surface area contributed by atoms with E-state index in [2.05, 4.69) is 10.0 Å². The Hall–Kier alpha value is -2.63. The fraction of sp³-hybridized carbons (Fsp3) is 0.381. The molecule has 0 saturated carbocycles. The van der Waals surface area contributed by atoms with Gasteiger partial charge in [-0.05, 0) is 51.1 Å². The van der Waals surface area contributed by atoms with Gasteiger partial charge in [0.05, 0.1) is 22.6 Å². The lowest BCUT2D eigenvalue weighted by Gasteiger charge is -2.22. The third-order valence-corrected chi connectivity index (χ3v) is 7.60. The summed E-state index contributed by atoms with van der Waals surface area (Å²) >= 11 is 0. The second-order valence-corrected chi connectivity index (χ2v) is 11.8. The summed E-state index contributed by atoms with van der Waals surface area (Å²) in [6.07, 6.45) is -0.0399. The molecule has 0 aliphatic heterocycles. The largest absolute Gasteiger partial charge is 0.495 e. The van der Waals surface area contributed by atoms with E-state index in [1.54, 1.807) is 18.2 Å². The molecule has 0 heterocycles. The lowest BCUT2D eigenvalue weighted by molar-refractivity contribution is -0.122. The summed E-state index contributed by atoms with van der Waals surface area (Å²) in [6, 6.07) is 11.7. The summed E-state index contributed by atoms with van der Waals surface area (Å²) in [5, 5.41) is 2.75. The van der Waals surface area contributed by atoms with E-state index in [1.807, 2.05) is 20.8 Å². The Morgan fingerprint density at radius 2 is 1.62 bits per heavy atom. The summed E-state index contributed by atoms with van der Waals surface area (Å²) in [5.74, 6) is -0.0974. The first-order valence-corrected chi connectivity index (χ1v) is 12.7. The van der Waals surface area contributed by atoms with Gasteiger partial charge in [-0.3, -0.25) is 9.10 Å². The molecule has 0 aliphatic carbocycles. The van der Waals surface area contributed by atoms with Crippen molar-refractivity contribution in [2.45, 2.75) is 42.5 Å². The van der Waals surface area contributed by atoms with Crippen LogP contribution in [0.1, 0.15) is 27.2 Å². The van der Waals surface area contributed by atoms with Crippen LogP contribution in [0.2, 0.25) is 0 Å². The van der Waals surface area contributed by atoms with Crippen molar-refractivity contribution in [2.75, 3.05) is 25.0 Å². The van der Waals surface area contributed by atoms with Crippen LogP contribution in [0.4, 0.5) is 5.69 Å². The van der Waals surface area contributed by atoms with Gasteiger partial charge in [0.15, 0.2) is 0 Å². The molecule has 2 aromatic rings. The first-order valence-electron chi connectivity index (χ1n) is 9.80. The summed E-state index contributed by atoms with van der Waals surface area (Å²) in [6.45, 7) is 5.37. The number of anilines is 1. The van der Waals surface area contributed by atoms with Crippen LogP contribution in [0.15, 0.2) is 58.3 Å². The summed E-state index contributed by atoms with van der Waals surface area (Å²) in [4.78, 5) is 11.8. The molecule has 0 radical (unpaired) electrons. The van der Waals surface area contributed by atoms with E-state index in [4.69, 9.17) is 4.74 Å². The molecule has 0 unspecified atom stereocenters. The summed E-state index contributed by atoms with van der Waals surface area (Å²) < 4.78 is 60.0. The van der Waals surface area contributed by atoms with Crippen LogP contribution in [0.3, 0.4) is 0 Å². The quantitative estimate of drug-likeness (QED) is 0.563. The monoisotopic (exact) mass is 483 g/mol. The number of nitrogens with one attached hydrogen (secondary N) is 2. The van der Waals surface area contributed by atoms with Gasteiger partial charge in [-0.2, -0.15) is 0 Å². The second-order valence-electron chi connectivity index (χ2n) is 8.07. The van der Waals surface area contributed by atoms with Crippen molar-refractivity contribution in [1.82, 2.24) is 10.0 Å². The molecule has 0 atom stereocenters. The minimum atomic E-state index is -4.00. The Labute approximate surface area is 189 Å². The van der Waals surface area contributed by atoms with Crippen molar-refractivity contribution < 1.29 is 26.4 Å². The molecular formula is C21H29N3O6S2. The molecule has 0 fully saturated rings. The van der Waals surface area contributed by atoms with Crippen molar-refractivity contribution in [1.29, 1.82) is 0 Å². The first kappa shape index (κ1) is 25.6. The predicted octanol–water partition coefficient (Wildman–Crippen LogP) is 2.10. The SMILES string of the molecule is COc1ccc(S(=O)(=O)NCCC(=O)NC(C)(C)C)cc1N(C)S(=O)(=O)c1ccccc1. The molecule has 2 rings (SSSR count). The molecule has 1 amide bonds. The standard InChI is InChI=1S/C21H29N3O6S2/c1-21(2,3)23-20(25)13-14-22-31(26,27)17-11-12-19(30-5)18(15-17)24(4)32(28,29)16-9-7-6-8-10-16/h6-12,15,22H,13-14H2,1-5H3,(H,23,25). The average molecular weight is 484 g/mol. The van der Waals surface area contributed by atoms with Crippen LogP contribution in [-0.2, 0) is 24.8 Å². The molecule has 0 aromatic heterocycles. The molecule has 2 N–H and O–H groups in total. The minimum absolute atomic E-state index is 0.0399. The fourth-order valence-corrected chi connectivity index (χ4v) is 5.10. The zero-order chi connectivity index (χ0) is 24.2. The van der Waals surface area contributed by atoms with Crippen LogP contribution in [0, 0.1) is 0 Å². The highest BCUT2D eigenvalue weighted by molar-refractivity contribution is 7.92. The lowest BCUT2D eigenvalue weighted by Crippen LogP contribution is -2.41. The van der Waals surface area contributed by atoms with E-state index in [1.165, 1.54) is 44.5 Å². The number of ether oxygens (including phenoxy) is 1. The van der Waals surface area contributed by atoms with Crippen molar-refractivity contribution in [2.24, 2.45) is 0 Å². The summed E-state index contributed by atoms with van der Waals surface area (Å²) in [7, 11) is -5.26. The number of hydrogen-bond acceptors (Lipinski definition) is 6. The Bertz CT molecular complexity index is 1160. The number of rotatable bonds is 9. The van der Waals surface area contributed by atoms with Gasteiger partial charge in [-0.25, -0.2) is 21.6 Å². The number of carbonyl (C=O) groups excluding carboxylic acids is 1. The number of benzene rings is 2. The van der Waals surface area contributed by atoms with Crippen LogP contribution in [0.5, 0.6) is 5.75 Å². The molecule has 0 saturated heterocycles. The van der Waals surface area contributed by atoms with E-state index < -0.39 is 25.6 Å². The van der Waals surface area contributed by atoms with Crippen LogP contribution < -0.4 is 19.1 Å². The maximum absolute atomic E-state index is 13.0. The highest BCUT2D eigenvalue weighted by Gasteiger charge is 2.26. The molecule has 0 aliphatic rings. The number of carbonyl (C=O) groups is 1. The summed E-state index contributed by atoms with van der Waals surface area (Å²) in [5.41, 5.74) is -0.361. The average Bonchev–Trinajstić information content (AvgIpc) is 2.71. The highest BCUT2D eigenvalue weighted by atomic mass is 32.2. The highest BCUT2D eigenvalue weighted by Crippen LogP contribution is 2.33. The number of methoxy groups -OCH3 is 1. The number of sulfonamides is 2. The molecular weight excluding hydrogens is 454 g/mol. The van der Waals surface area contributed by atoms with Crippen molar-refractivity contribution >= 4 is 31.6 Å². The van der Waals surface area contributed by atoms with Gasteiger partial charge in [0.2, 0.25) is 15.9 Å². The molecule has 0 spiro atoms. The predicted molar refractivity (Wildman–Crippen MR) is 123 cm³/mol. The Morgan fingerprint density at radius 1 is 1.00 bits per heavy atom. The maximum Gasteiger partial charge on any atom is 0.264 e. The molecule has 0 bridgehead atoms. The van der Waals surface area contributed by atoms with E-state index in [0.29, 0.717) is 0 Å². The Morgan fingerprint density at radius 3 is 2.19 bits per heavy atom. The van der Waals surface area contributed by atoms with Crippen molar-refractivity contribution in [3.8, 4) is 5.75 Å². The number of amides is 1. The van der Waals surface area contributed by atoms with Crippen LogP contribution in [0.25, 0.3) is 0 Å². The first-order chi connectivity index (χ1) is 14.8. The molecule has 11 heteroatoms.